The van der Waals surface area contributed by atoms with Gasteiger partial charge < -0.3 is 19.5 Å². The number of para-hydroxylation sites is 1. The highest BCUT2D eigenvalue weighted by Gasteiger charge is 2.14. The van der Waals surface area contributed by atoms with Crippen LogP contribution in [0.1, 0.15) is 18.1 Å². The van der Waals surface area contributed by atoms with Gasteiger partial charge in [0.15, 0.2) is 11.5 Å². The summed E-state index contributed by atoms with van der Waals surface area (Å²) < 4.78 is 31.4. The van der Waals surface area contributed by atoms with Crippen molar-refractivity contribution in [1.29, 1.82) is 0 Å². The number of halogens is 2. The summed E-state index contributed by atoms with van der Waals surface area (Å²) in [6.45, 7) is 2.93. The minimum Gasteiger partial charge on any atom is -0.490 e. The van der Waals surface area contributed by atoms with E-state index in [1.54, 1.807) is 18.2 Å². The lowest BCUT2D eigenvalue weighted by Gasteiger charge is -2.16. The lowest BCUT2D eigenvalue weighted by molar-refractivity contribution is 0.266. The summed E-state index contributed by atoms with van der Waals surface area (Å²) in [6.07, 6.45) is 0. The van der Waals surface area contributed by atoms with Crippen LogP contribution in [-0.2, 0) is 13.2 Å². The van der Waals surface area contributed by atoms with Gasteiger partial charge in [-0.1, -0.05) is 48.0 Å². The Balaban J connectivity index is 1.41. The van der Waals surface area contributed by atoms with Crippen LogP contribution in [0.15, 0.2) is 91.0 Å². The predicted octanol–water partition coefficient (Wildman–Crippen LogP) is 7.86. The normalized spacial score (nSPS) is 10.6. The van der Waals surface area contributed by atoms with Crippen molar-refractivity contribution in [3.05, 3.63) is 113 Å². The molecule has 6 heteroatoms. The molecule has 0 aliphatic heterocycles. The first kappa shape index (κ1) is 23.5. The maximum Gasteiger partial charge on any atom is 0.180 e. The first-order valence-electron chi connectivity index (χ1n) is 11.0. The van der Waals surface area contributed by atoms with Gasteiger partial charge in [-0.25, -0.2) is 4.39 Å². The molecular weight excluding hydrogens is 453 g/mol. The number of rotatable bonds is 10. The van der Waals surface area contributed by atoms with Crippen LogP contribution in [0.25, 0.3) is 0 Å². The molecule has 4 rings (SSSR count). The largest absolute Gasteiger partial charge is 0.490 e. The minimum absolute atomic E-state index is 0.0570. The summed E-state index contributed by atoms with van der Waals surface area (Å²) >= 11 is 6.51. The molecule has 0 spiro atoms. The Hall–Kier alpha value is -3.70. The van der Waals surface area contributed by atoms with E-state index in [9.17, 15) is 4.39 Å². The third kappa shape index (κ3) is 6.21. The fourth-order valence-corrected chi connectivity index (χ4v) is 3.65. The fourth-order valence-electron chi connectivity index (χ4n) is 3.36. The van der Waals surface area contributed by atoms with E-state index in [2.05, 4.69) is 5.32 Å². The molecule has 174 valence electrons. The molecule has 4 nitrogen and oxygen atoms in total. The number of benzene rings is 4. The Morgan fingerprint density at radius 1 is 0.824 bits per heavy atom. The Labute approximate surface area is 203 Å². The average Bonchev–Trinajstić information content (AvgIpc) is 2.85. The molecule has 0 unspecified atom stereocenters. The van der Waals surface area contributed by atoms with Crippen LogP contribution in [-0.4, -0.2) is 6.61 Å². The molecule has 0 heterocycles. The van der Waals surface area contributed by atoms with Gasteiger partial charge in [0, 0.05) is 17.8 Å². The van der Waals surface area contributed by atoms with E-state index in [0.717, 1.165) is 22.7 Å². The molecule has 4 aromatic carbocycles. The molecule has 0 amide bonds. The number of hydrogen-bond acceptors (Lipinski definition) is 4. The van der Waals surface area contributed by atoms with Crippen LogP contribution in [0.2, 0.25) is 5.02 Å². The highest BCUT2D eigenvalue weighted by atomic mass is 35.5. The predicted molar refractivity (Wildman–Crippen MR) is 134 cm³/mol. The molecule has 0 radical (unpaired) electrons. The third-order valence-corrected chi connectivity index (χ3v) is 5.31. The van der Waals surface area contributed by atoms with Gasteiger partial charge in [0.1, 0.15) is 23.9 Å². The highest BCUT2D eigenvalue weighted by molar-refractivity contribution is 6.32. The molecule has 0 atom stereocenters. The number of ether oxygens (including phenoxy) is 3. The van der Waals surface area contributed by atoms with E-state index < -0.39 is 0 Å². The second-order valence-corrected chi connectivity index (χ2v) is 7.92. The first-order valence-corrected chi connectivity index (χ1v) is 11.4. The molecule has 0 fully saturated rings. The summed E-state index contributed by atoms with van der Waals surface area (Å²) in [6, 6.07) is 27.6. The fraction of sp³-hybridized carbons (Fsp3) is 0.143. The van der Waals surface area contributed by atoms with Gasteiger partial charge in [-0.2, -0.15) is 0 Å². The SMILES string of the molecule is CCOc1cc(CNc2ccc(Oc3ccccc3)cc2)cc(Cl)c1OCc1ccccc1F. The van der Waals surface area contributed by atoms with E-state index in [1.807, 2.05) is 73.7 Å². The van der Waals surface area contributed by atoms with Crippen molar-refractivity contribution in [2.75, 3.05) is 11.9 Å². The molecule has 0 saturated heterocycles. The van der Waals surface area contributed by atoms with Gasteiger partial charge in [-0.15, -0.1) is 0 Å². The maximum atomic E-state index is 13.9. The van der Waals surface area contributed by atoms with Gasteiger partial charge >= 0.3 is 0 Å². The summed E-state index contributed by atoms with van der Waals surface area (Å²) in [5.74, 6) is 2.15. The van der Waals surface area contributed by atoms with Crippen molar-refractivity contribution in [1.82, 2.24) is 0 Å². The van der Waals surface area contributed by atoms with Crippen LogP contribution in [0.3, 0.4) is 0 Å². The second kappa shape index (κ2) is 11.4. The zero-order chi connectivity index (χ0) is 23.8. The summed E-state index contributed by atoms with van der Waals surface area (Å²) in [4.78, 5) is 0. The average molecular weight is 478 g/mol. The molecule has 34 heavy (non-hydrogen) atoms. The van der Waals surface area contributed by atoms with E-state index >= 15 is 0 Å². The monoisotopic (exact) mass is 477 g/mol. The molecule has 0 aliphatic rings. The van der Waals surface area contributed by atoms with Crippen molar-refractivity contribution in [3.63, 3.8) is 0 Å². The van der Waals surface area contributed by atoms with Gasteiger partial charge in [-0.3, -0.25) is 0 Å². The number of anilines is 1. The topological polar surface area (TPSA) is 39.7 Å². The maximum absolute atomic E-state index is 13.9. The third-order valence-electron chi connectivity index (χ3n) is 5.03. The highest BCUT2D eigenvalue weighted by Crippen LogP contribution is 2.37. The van der Waals surface area contributed by atoms with Crippen LogP contribution in [0.4, 0.5) is 10.1 Å². The molecule has 0 aromatic heterocycles. The van der Waals surface area contributed by atoms with E-state index in [1.165, 1.54) is 6.07 Å². The van der Waals surface area contributed by atoms with E-state index in [0.29, 0.717) is 35.2 Å². The van der Waals surface area contributed by atoms with Crippen molar-refractivity contribution in [3.8, 4) is 23.0 Å². The minimum atomic E-state index is -0.322. The molecule has 0 bridgehead atoms. The van der Waals surface area contributed by atoms with Gasteiger partial charge in [0.2, 0.25) is 0 Å². The second-order valence-electron chi connectivity index (χ2n) is 7.51. The van der Waals surface area contributed by atoms with E-state index in [-0.39, 0.29) is 12.4 Å². The standard InChI is InChI=1S/C28H25ClFNO3/c1-2-32-27-17-20(16-25(29)28(27)33-19-21-8-6-7-11-26(21)30)18-31-22-12-14-24(15-13-22)34-23-9-4-3-5-10-23/h3-17,31H,2,18-19H2,1H3. The number of hydrogen-bond donors (Lipinski definition) is 1. The molecular formula is C28H25ClFNO3. The van der Waals surface area contributed by atoms with Crippen LogP contribution in [0.5, 0.6) is 23.0 Å². The molecule has 0 aliphatic carbocycles. The Kier molecular flexibility index (Phi) is 7.89. The van der Waals surface area contributed by atoms with Crippen LogP contribution < -0.4 is 19.5 Å². The Morgan fingerprint density at radius 2 is 1.53 bits per heavy atom. The summed E-state index contributed by atoms with van der Waals surface area (Å²) in [5.41, 5.74) is 2.32. The van der Waals surface area contributed by atoms with Gasteiger partial charge in [-0.05, 0) is 67.1 Å². The van der Waals surface area contributed by atoms with Crippen LogP contribution >= 0.6 is 11.6 Å². The quantitative estimate of drug-likeness (QED) is 0.252. The van der Waals surface area contributed by atoms with Crippen molar-refractivity contribution < 1.29 is 18.6 Å². The summed E-state index contributed by atoms with van der Waals surface area (Å²) in [7, 11) is 0. The Morgan fingerprint density at radius 3 is 2.26 bits per heavy atom. The molecule has 0 saturated carbocycles. The van der Waals surface area contributed by atoms with Crippen molar-refractivity contribution in [2.45, 2.75) is 20.1 Å². The lowest BCUT2D eigenvalue weighted by Crippen LogP contribution is -2.04. The Bertz CT molecular complexity index is 1220. The van der Waals surface area contributed by atoms with Gasteiger partial charge in [0.05, 0.1) is 11.6 Å². The lowest BCUT2D eigenvalue weighted by atomic mass is 10.2. The van der Waals surface area contributed by atoms with Gasteiger partial charge in [0.25, 0.3) is 0 Å². The smallest absolute Gasteiger partial charge is 0.180 e. The first-order chi connectivity index (χ1) is 16.6. The zero-order valence-electron chi connectivity index (χ0n) is 18.8. The van der Waals surface area contributed by atoms with E-state index in [4.69, 9.17) is 25.8 Å². The summed E-state index contributed by atoms with van der Waals surface area (Å²) in [5, 5.41) is 3.78. The zero-order valence-corrected chi connectivity index (χ0v) is 19.5. The van der Waals surface area contributed by atoms with Crippen LogP contribution in [0, 0.1) is 5.82 Å². The van der Waals surface area contributed by atoms with Crippen molar-refractivity contribution in [2.24, 2.45) is 0 Å². The molecule has 4 aromatic rings. The molecule has 1 N–H and O–H groups in total. The number of nitrogens with one attached hydrogen (secondary N) is 1. The van der Waals surface area contributed by atoms with Crippen molar-refractivity contribution >= 4 is 17.3 Å².